The van der Waals surface area contributed by atoms with Crippen molar-refractivity contribution in [2.45, 2.75) is 12.5 Å². The van der Waals surface area contributed by atoms with Crippen molar-refractivity contribution < 1.29 is 0 Å². The van der Waals surface area contributed by atoms with E-state index in [9.17, 15) is 0 Å². The first-order valence-corrected chi connectivity index (χ1v) is 6.34. The van der Waals surface area contributed by atoms with Crippen molar-refractivity contribution in [3.63, 3.8) is 0 Å². The molecule has 2 rings (SSSR count). The standard InChI is InChI=1S/C14H15BrN2/c15-13-8-4-5-11(9-13)10-14(17-16)12-6-2-1-3-7-12/h1-9,14,17H,10,16H2. The molecule has 1 atom stereocenters. The van der Waals surface area contributed by atoms with Crippen LogP contribution in [0.1, 0.15) is 17.2 Å². The van der Waals surface area contributed by atoms with Gasteiger partial charge in [-0.3, -0.25) is 11.3 Å². The van der Waals surface area contributed by atoms with E-state index in [0.717, 1.165) is 10.9 Å². The molecule has 0 saturated carbocycles. The molecule has 0 saturated heterocycles. The lowest BCUT2D eigenvalue weighted by molar-refractivity contribution is 0.552. The van der Waals surface area contributed by atoms with Gasteiger partial charge in [0.05, 0.1) is 0 Å². The molecule has 2 nitrogen and oxygen atoms in total. The van der Waals surface area contributed by atoms with Crippen molar-refractivity contribution in [3.05, 3.63) is 70.2 Å². The van der Waals surface area contributed by atoms with Crippen LogP contribution in [-0.2, 0) is 6.42 Å². The van der Waals surface area contributed by atoms with Gasteiger partial charge in [-0.15, -0.1) is 0 Å². The largest absolute Gasteiger partial charge is 0.271 e. The maximum Gasteiger partial charge on any atom is 0.0500 e. The van der Waals surface area contributed by atoms with E-state index in [4.69, 9.17) is 5.84 Å². The molecule has 0 bridgehead atoms. The summed E-state index contributed by atoms with van der Waals surface area (Å²) in [7, 11) is 0. The summed E-state index contributed by atoms with van der Waals surface area (Å²) in [6.45, 7) is 0. The van der Waals surface area contributed by atoms with Crippen molar-refractivity contribution in [2.24, 2.45) is 5.84 Å². The van der Waals surface area contributed by atoms with Crippen LogP contribution in [-0.4, -0.2) is 0 Å². The summed E-state index contributed by atoms with van der Waals surface area (Å²) in [6, 6.07) is 18.7. The highest BCUT2D eigenvalue weighted by atomic mass is 79.9. The Hall–Kier alpha value is -1.16. The zero-order valence-electron chi connectivity index (χ0n) is 9.44. The number of hydrogen-bond acceptors (Lipinski definition) is 2. The van der Waals surface area contributed by atoms with Crippen molar-refractivity contribution >= 4 is 15.9 Å². The predicted molar refractivity (Wildman–Crippen MR) is 74.4 cm³/mol. The van der Waals surface area contributed by atoms with Gasteiger partial charge in [0.2, 0.25) is 0 Å². The highest BCUT2D eigenvalue weighted by molar-refractivity contribution is 9.10. The molecule has 2 aromatic rings. The zero-order chi connectivity index (χ0) is 12.1. The van der Waals surface area contributed by atoms with Gasteiger partial charge in [-0.1, -0.05) is 58.4 Å². The van der Waals surface area contributed by atoms with Crippen LogP contribution in [0.5, 0.6) is 0 Å². The predicted octanol–water partition coefficient (Wildman–Crippen LogP) is 3.20. The molecule has 0 fully saturated rings. The average molecular weight is 291 g/mol. The summed E-state index contributed by atoms with van der Waals surface area (Å²) in [6.07, 6.45) is 0.875. The topological polar surface area (TPSA) is 38.0 Å². The number of nitrogens with one attached hydrogen (secondary N) is 1. The fraction of sp³-hybridized carbons (Fsp3) is 0.143. The second-order valence-corrected chi connectivity index (χ2v) is 4.88. The second-order valence-electron chi connectivity index (χ2n) is 3.96. The molecule has 88 valence electrons. The van der Waals surface area contributed by atoms with Gasteiger partial charge in [-0.25, -0.2) is 0 Å². The highest BCUT2D eigenvalue weighted by Gasteiger charge is 2.09. The van der Waals surface area contributed by atoms with Crippen LogP contribution >= 0.6 is 15.9 Å². The summed E-state index contributed by atoms with van der Waals surface area (Å²) < 4.78 is 1.10. The summed E-state index contributed by atoms with van der Waals surface area (Å²) in [5.74, 6) is 5.63. The van der Waals surface area contributed by atoms with Crippen LogP contribution < -0.4 is 11.3 Å². The van der Waals surface area contributed by atoms with Gasteiger partial charge in [0.1, 0.15) is 0 Å². The number of hydrazine groups is 1. The van der Waals surface area contributed by atoms with E-state index in [1.54, 1.807) is 0 Å². The lowest BCUT2D eigenvalue weighted by Gasteiger charge is -2.16. The Morgan fingerprint density at radius 1 is 1.06 bits per heavy atom. The number of nitrogens with two attached hydrogens (primary N) is 1. The van der Waals surface area contributed by atoms with Gasteiger partial charge in [-0.2, -0.15) is 0 Å². The van der Waals surface area contributed by atoms with Crippen molar-refractivity contribution in [3.8, 4) is 0 Å². The minimum atomic E-state index is 0.144. The Morgan fingerprint density at radius 3 is 2.47 bits per heavy atom. The normalized spacial score (nSPS) is 12.4. The molecule has 0 aliphatic carbocycles. The molecule has 0 radical (unpaired) electrons. The molecule has 0 amide bonds. The summed E-state index contributed by atoms with van der Waals surface area (Å²) >= 11 is 3.48. The van der Waals surface area contributed by atoms with Gasteiger partial charge >= 0.3 is 0 Å². The molecule has 0 aliphatic rings. The lowest BCUT2D eigenvalue weighted by Crippen LogP contribution is -2.29. The van der Waals surface area contributed by atoms with E-state index < -0.39 is 0 Å². The van der Waals surface area contributed by atoms with Gasteiger partial charge in [0.15, 0.2) is 0 Å². The molecule has 1 unspecified atom stereocenters. The van der Waals surface area contributed by atoms with Crippen molar-refractivity contribution in [1.29, 1.82) is 0 Å². The minimum Gasteiger partial charge on any atom is -0.271 e. The van der Waals surface area contributed by atoms with Gasteiger partial charge in [-0.05, 0) is 29.7 Å². The average Bonchev–Trinajstić information content (AvgIpc) is 2.37. The first-order valence-electron chi connectivity index (χ1n) is 5.55. The molecule has 3 heteroatoms. The first-order chi connectivity index (χ1) is 8.29. The van der Waals surface area contributed by atoms with Gasteiger partial charge in [0.25, 0.3) is 0 Å². The molecule has 0 spiro atoms. The highest BCUT2D eigenvalue weighted by Crippen LogP contribution is 2.19. The van der Waals surface area contributed by atoms with Crippen molar-refractivity contribution in [1.82, 2.24) is 5.43 Å². The van der Waals surface area contributed by atoms with E-state index in [1.807, 2.05) is 30.3 Å². The van der Waals surface area contributed by atoms with Crippen LogP contribution in [0.15, 0.2) is 59.1 Å². The maximum absolute atomic E-state index is 5.63. The van der Waals surface area contributed by atoms with E-state index in [-0.39, 0.29) is 6.04 Å². The number of benzene rings is 2. The number of rotatable bonds is 4. The molecule has 17 heavy (non-hydrogen) atoms. The Kier molecular flexibility index (Phi) is 4.31. The number of halogens is 1. The third-order valence-electron chi connectivity index (χ3n) is 2.73. The Morgan fingerprint density at radius 2 is 1.82 bits per heavy atom. The molecule has 0 aliphatic heterocycles. The first kappa shape index (κ1) is 12.3. The third kappa shape index (κ3) is 3.40. The fourth-order valence-electron chi connectivity index (χ4n) is 1.86. The van der Waals surface area contributed by atoms with Gasteiger partial charge in [0, 0.05) is 10.5 Å². The Labute approximate surface area is 110 Å². The monoisotopic (exact) mass is 290 g/mol. The maximum atomic E-state index is 5.63. The van der Waals surface area contributed by atoms with Crippen LogP contribution in [0, 0.1) is 0 Å². The Balaban J connectivity index is 2.16. The zero-order valence-corrected chi connectivity index (χ0v) is 11.0. The van der Waals surface area contributed by atoms with E-state index in [0.29, 0.717) is 0 Å². The molecule has 0 heterocycles. The van der Waals surface area contributed by atoms with Crippen LogP contribution in [0.2, 0.25) is 0 Å². The van der Waals surface area contributed by atoms with E-state index >= 15 is 0 Å². The summed E-state index contributed by atoms with van der Waals surface area (Å²) in [5, 5.41) is 0. The molecule has 2 aromatic carbocycles. The summed E-state index contributed by atoms with van der Waals surface area (Å²) in [5.41, 5.74) is 5.33. The molecule has 0 aromatic heterocycles. The molecular formula is C14H15BrN2. The molecule has 3 N–H and O–H groups in total. The second kappa shape index (κ2) is 5.96. The Bertz CT molecular complexity index is 471. The van der Waals surface area contributed by atoms with Crippen LogP contribution in [0.25, 0.3) is 0 Å². The quantitative estimate of drug-likeness (QED) is 0.670. The third-order valence-corrected chi connectivity index (χ3v) is 3.23. The lowest BCUT2D eigenvalue weighted by atomic mass is 10.00. The van der Waals surface area contributed by atoms with E-state index in [2.05, 4.69) is 45.6 Å². The van der Waals surface area contributed by atoms with Crippen molar-refractivity contribution in [2.75, 3.05) is 0 Å². The van der Waals surface area contributed by atoms with E-state index in [1.165, 1.54) is 11.1 Å². The SMILES string of the molecule is NNC(Cc1cccc(Br)c1)c1ccccc1. The van der Waals surface area contributed by atoms with Crippen LogP contribution in [0.4, 0.5) is 0 Å². The van der Waals surface area contributed by atoms with Gasteiger partial charge < -0.3 is 0 Å². The number of hydrogen-bond donors (Lipinski definition) is 2. The summed E-state index contributed by atoms with van der Waals surface area (Å²) in [4.78, 5) is 0. The molecular weight excluding hydrogens is 276 g/mol. The minimum absolute atomic E-state index is 0.144. The van der Waals surface area contributed by atoms with Crippen LogP contribution in [0.3, 0.4) is 0 Å². The fourth-order valence-corrected chi connectivity index (χ4v) is 2.30. The smallest absolute Gasteiger partial charge is 0.0500 e.